The van der Waals surface area contributed by atoms with Crippen LogP contribution in [0, 0.1) is 6.92 Å². The molecule has 4 N–H and O–H groups in total. The van der Waals surface area contributed by atoms with Crippen LogP contribution in [0.25, 0.3) is 0 Å². The molecule has 10 heteroatoms. The van der Waals surface area contributed by atoms with E-state index < -0.39 is 5.91 Å². The fourth-order valence-corrected chi connectivity index (χ4v) is 3.85. The first-order valence-electron chi connectivity index (χ1n) is 10.3. The molecule has 2 amide bonds. The van der Waals surface area contributed by atoms with Crippen LogP contribution < -0.4 is 20.7 Å². The number of aromatic nitrogens is 2. The number of nitrogens with one attached hydrogen (secondary N) is 2. The van der Waals surface area contributed by atoms with Crippen molar-refractivity contribution in [1.82, 2.24) is 15.3 Å². The molecular formula is C21H27Cl2N5O3. The SMILES string of the molecule is CCCCOc1cc(C(N)=O)cc(N2CCC(NC(=O)c3[nH]c(C)c(Cl)c3Cl)CC2)n1. The Morgan fingerprint density at radius 2 is 2.00 bits per heavy atom. The number of ether oxygens (including phenoxy) is 1. The topological polar surface area (TPSA) is 113 Å². The van der Waals surface area contributed by atoms with Crippen molar-refractivity contribution in [2.75, 3.05) is 24.6 Å². The Bertz CT molecular complexity index is 955. The molecule has 3 heterocycles. The Kier molecular flexibility index (Phi) is 7.67. The lowest BCUT2D eigenvalue weighted by Gasteiger charge is -2.33. The van der Waals surface area contributed by atoms with E-state index in [1.807, 2.05) is 0 Å². The van der Waals surface area contributed by atoms with Crippen molar-refractivity contribution in [2.45, 2.75) is 45.6 Å². The minimum atomic E-state index is -0.525. The number of halogens is 2. The molecule has 168 valence electrons. The number of rotatable bonds is 8. The average molecular weight is 468 g/mol. The summed E-state index contributed by atoms with van der Waals surface area (Å²) in [5, 5.41) is 3.60. The van der Waals surface area contributed by atoms with E-state index in [1.54, 1.807) is 19.1 Å². The van der Waals surface area contributed by atoms with E-state index in [0.717, 1.165) is 12.8 Å². The zero-order valence-corrected chi connectivity index (χ0v) is 19.1. The number of piperidine rings is 1. The van der Waals surface area contributed by atoms with Crippen LogP contribution in [0.4, 0.5) is 5.82 Å². The van der Waals surface area contributed by atoms with Gasteiger partial charge in [0.05, 0.1) is 16.7 Å². The highest BCUT2D eigenvalue weighted by Crippen LogP contribution is 2.29. The number of aromatic amines is 1. The van der Waals surface area contributed by atoms with Gasteiger partial charge in [-0.3, -0.25) is 9.59 Å². The Hall–Kier alpha value is -2.45. The maximum absolute atomic E-state index is 12.6. The van der Waals surface area contributed by atoms with Gasteiger partial charge < -0.3 is 25.7 Å². The highest BCUT2D eigenvalue weighted by Gasteiger charge is 2.25. The van der Waals surface area contributed by atoms with Crippen molar-refractivity contribution in [3.63, 3.8) is 0 Å². The summed E-state index contributed by atoms with van der Waals surface area (Å²) in [6.07, 6.45) is 3.33. The molecule has 0 aromatic carbocycles. The molecule has 1 saturated heterocycles. The summed E-state index contributed by atoms with van der Waals surface area (Å²) in [7, 11) is 0. The summed E-state index contributed by atoms with van der Waals surface area (Å²) < 4.78 is 5.68. The fraction of sp³-hybridized carbons (Fsp3) is 0.476. The lowest BCUT2D eigenvalue weighted by atomic mass is 10.0. The third-order valence-corrected chi connectivity index (χ3v) is 6.20. The van der Waals surface area contributed by atoms with E-state index in [-0.39, 0.29) is 22.7 Å². The van der Waals surface area contributed by atoms with E-state index in [2.05, 4.69) is 27.1 Å². The standard InChI is InChI=1S/C21H27Cl2N5O3/c1-3-4-9-31-16-11-13(20(24)29)10-15(27-16)28-7-5-14(6-8-28)26-21(30)19-18(23)17(22)12(2)25-19/h10-11,14,25H,3-9H2,1-2H3,(H2,24,29)(H,26,30). The summed E-state index contributed by atoms with van der Waals surface area (Å²) in [6.45, 7) is 5.69. The summed E-state index contributed by atoms with van der Waals surface area (Å²) in [5.41, 5.74) is 6.77. The van der Waals surface area contributed by atoms with Gasteiger partial charge in [-0.15, -0.1) is 0 Å². The van der Waals surface area contributed by atoms with Crippen LogP contribution in [0.2, 0.25) is 10.0 Å². The Morgan fingerprint density at radius 3 is 2.58 bits per heavy atom. The van der Waals surface area contributed by atoms with E-state index in [9.17, 15) is 9.59 Å². The highest BCUT2D eigenvalue weighted by atomic mass is 35.5. The number of primary amides is 1. The van der Waals surface area contributed by atoms with Crippen LogP contribution in [-0.2, 0) is 0 Å². The van der Waals surface area contributed by atoms with Gasteiger partial charge in [0.15, 0.2) is 0 Å². The zero-order valence-electron chi connectivity index (χ0n) is 17.6. The molecule has 0 spiro atoms. The molecular weight excluding hydrogens is 441 g/mol. The first-order valence-corrected chi connectivity index (χ1v) is 11.1. The highest BCUT2D eigenvalue weighted by molar-refractivity contribution is 6.44. The molecule has 0 unspecified atom stereocenters. The minimum Gasteiger partial charge on any atom is -0.478 e. The molecule has 1 aliphatic heterocycles. The molecule has 0 atom stereocenters. The van der Waals surface area contributed by atoms with Crippen molar-refractivity contribution in [3.05, 3.63) is 39.1 Å². The Morgan fingerprint density at radius 1 is 1.29 bits per heavy atom. The number of amides is 2. The van der Waals surface area contributed by atoms with E-state index in [4.69, 9.17) is 33.7 Å². The number of pyridine rings is 1. The number of aryl methyl sites for hydroxylation is 1. The van der Waals surface area contributed by atoms with Crippen LogP contribution in [0.15, 0.2) is 12.1 Å². The molecule has 1 aliphatic rings. The number of hydrogen-bond donors (Lipinski definition) is 3. The van der Waals surface area contributed by atoms with Gasteiger partial charge in [-0.05, 0) is 32.3 Å². The second-order valence-electron chi connectivity index (χ2n) is 7.61. The van der Waals surface area contributed by atoms with Crippen molar-refractivity contribution in [3.8, 4) is 5.88 Å². The first kappa shape index (κ1) is 23.2. The van der Waals surface area contributed by atoms with Crippen LogP contribution >= 0.6 is 23.2 Å². The molecule has 3 rings (SSSR count). The maximum atomic E-state index is 12.6. The van der Waals surface area contributed by atoms with Gasteiger partial charge in [0, 0.05) is 36.5 Å². The van der Waals surface area contributed by atoms with Gasteiger partial charge in [-0.1, -0.05) is 36.5 Å². The number of nitrogens with zero attached hydrogens (tertiary/aromatic N) is 2. The van der Waals surface area contributed by atoms with E-state index in [0.29, 0.717) is 60.5 Å². The number of anilines is 1. The predicted octanol–water partition coefficient (Wildman–Crippen LogP) is 3.70. The largest absolute Gasteiger partial charge is 0.478 e. The van der Waals surface area contributed by atoms with Crippen LogP contribution in [0.3, 0.4) is 0 Å². The van der Waals surface area contributed by atoms with Gasteiger partial charge in [-0.2, -0.15) is 4.98 Å². The maximum Gasteiger partial charge on any atom is 0.269 e. The molecule has 8 nitrogen and oxygen atoms in total. The van der Waals surface area contributed by atoms with Gasteiger partial charge >= 0.3 is 0 Å². The molecule has 1 fully saturated rings. The number of hydrogen-bond acceptors (Lipinski definition) is 5. The Balaban J connectivity index is 1.63. The minimum absolute atomic E-state index is 0.0122. The summed E-state index contributed by atoms with van der Waals surface area (Å²) in [6, 6.07) is 3.24. The van der Waals surface area contributed by atoms with E-state index in [1.165, 1.54) is 0 Å². The van der Waals surface area contributed by atoms with Crippen molar-refractivity contribution < 1.29 is 14.3 Å². The molecule has 31 heavy (non-hydrogen) atoms. The third-order valence-electron chi connectivity index (χ3n) is 5.26. The van der Waals surface area contributed by atoms with Crippen LogP contribution in [0.1, 0.15) is 59.1 Å². The smallest absolute Gasteiger partial charge is 0.269 e. The quantitative estimate of drug-likeness (QED) is 0.512. The molecule has 0 bridgehead atoms. The Labute approximate surface area is 191 Å². The second kappa shape index (κ2) is 10.2. The van der Waals surface area contributed by atoms with E-state index >= 15 is 0 Å². The molecule has 0 aliphatic carbocycles. The monoisotopic (exact) mass is 467 g/mol. The fourth-order valence-electron chi connectivity index (χ4n) is 3.43. The molecule has 0 radical (unpaired) electrons. The van der Waals surface area contributed by atoms with Gasteiger partial charge in [0.25, 0.3) is 5.91 Å². The average Bonchev–Trinajstić information content (AvgIpc) is 3.01. The molecule has 2 aromatic heterocycles. The van der Waals surface area contributed by atoms with Gasteiger partial charge in [0.2, 0.25) is 11.8 Å². The lowest BCUT2D eigenvalue weighted by molar-refractivity contribution is 0.0925. The van der Waals surface area contributed by atoms with Gasteiger partial charge in [-0.25, -0.2) is 0 Å². The predicted molar refractivity (Wildman–Crippen MR) is 121 cm³/mol. The summed E-state index contributed by atoms with van der Waals surface area (Å²) in [4.78, 5) is 33.8. The number of nitrogens with two attached hydrogens (primary N) is 1. The second-order valence-corrected chi connectivity index (χ2v) is 8.36. The lowest BCUT2D eigenvalue weighted by Crippen LogP contribution is -2.45. The summed E-state index contributed by atoms with van der Waals surface area (Å²) in [5.74, 6) is 0.230. The number of unbranched alkanes of at least 4 members (excludes halogenated alkanes) is 1. The molecule has 0 saturated carbocycles. The zero-order chi connectivity index (χ0) is 22.5. The molecule has 2 aromatic rings. The van der Waals surface area contributed by atoms with Crippen molar-refractivity contribution in [1.29, 1.82) is 0 Å². The first-order chi connectivity index (χ1) is 14.8. The van der Waals surface area contributed by atoms with Crippen molar-refractivity contribution in [2.24, 2.45) is 5.73 Å². The van der Waals surface area contributed by atoms with Crippen LogP contribution in [0.5, 0.6) is 5.88 Å². The number of H-pyrrole nitrogens is 1. The normalized spacial score (nSPS) is 14.5. The van der Waals surface area contributed by atoms with Crippen LogP contribution in [-0.4, -0.2) is 47.5 Å². The third kappa shape index (κ3) is 5.62. The van der Waals surface area contributed by atoms with Crippen molar-refractivity contribution >= 4 is 40.8 Å². The summed E-state index contributed by atoms with van der Waals surface area (Å²) >= 11 is 12.2. The number of carbonyl (C=O) groups excluding carboxylic acids is 2. The van der Waals surface area contributed by atoms with Gasteiger partial charge in [0.1, 0.15) is 11.5 Å². The number of carbonyl (C=O) groups is 2.